The van der Waals surface area contributed by atoms with Gasteiger partial charge in [0, 0.05) is 10.7 Å². The number of thiazole rings is 1. The number of aromatic nitrogens is 1. The van der Waals surface area contributed by atoms with E-state index in [9.17, 15) is 0 Å². The first-order chi connectivity index (χ1) is 9.24. The van der Waals surface area contributed by atoms with E-state index in [1.165, 1.54) is 0 Å². The molecule has 0 aliphatic carbocycles. The van der Waals surface area contributed by atoms with Gasteiger partial charge in [0.25, 0.3) is 0 Å². The van der Waals surface area contributed by atoms with Gasteiger partial charge in [-0.25, -0.2) is 4.98 Å². The molecule has 0 bridgehead atoms. The molecule has 0 atom stereocenters. The topological polar surface area (TPSA) is 48.7 Å². The Kier molecular flexibility index (Phi) is 3.08. The van der Waals surface area contributed by atoms with Crippen molar-refractivity contribution in [2.45, 2.75) is 0 Å². The fraction of sp³-hybridized carbons (Fsp3) is 0. The van der Waals surface area contributed by atoms with Gasteiger partial charge in [0.15, 0.2) is 5.13 Å². The van der Waals surface area contributed by atoms with Crippen LogP contribution in [0, 0.1) is 11.3 Å². The van der Waals surface area contributed by atoms with E-state index in [0.717, 1.165) is 21.0 Å². The van der Waals surface area contributed by atoms with Crippen molar-refractivity contribution in [3.8, 4) is 6.07 Å². The molecule has 0 radical (unpaired) electrons. The number of hydrogen-bond acceptors (Lipinski definition) is 4. The summed E-state index contributed by atoms with van der Waals surface area (Å²) < 4.78 is 1.05. The summed E-state index contributed by atoms with van der Waals surface area (Å²) in [5, 5.41) is 13.5. The van der Waals surface area contributed by atoms with E-state index >= 15 is 0 Å². The number of benzene rings is 2. The highest BCUT2D eigenvalue weighted by atomic mass is 35.5. The molecule has 0 aliphatic heterocycles. The van der Waals surface area contributed by atoms with Crippen LogP contribution in [-0.2, 0) is 0 Å². The molecule has 92 valence electrons. The van der Waals surface area contributed by atoms with Gasteiger partial charge in [-0.3, -0.25) is 0 Å². The van der Waals surface area contributed by atoms with Gasteiger partial charge in [-0.1, -0.05) is 22.9 Å². The van der Waals surface area contributed by atoms with Crippen LogP contribution in [0.15, 0.2) is 42.5 Å². The van der Waals surface area contributed by atoms with Crippen molar-refractivity contribution in [1.82, 2.24) is 4.98 Å². The molecule has 0 saturated heterocycles. The number of fused-ring (bicyclic) bond motifs is 1. The standard InChI is InChI=1S/C14H8ClN3S/c15-10-3-6-12-13(7-10)19-14(18-12)17-11-4-1-9(8-16)2-5-11/h1-7H,(H,17,18). The Morgan fingerprint density at radius 1 is 1.16 bits per heavy atom. The Labute approximate surface area is 119 Å². The molecular formula is C14H8ClN3S. The number of hydrogen-bond donors (Lipinski definition) is 1. The van der Waals surface area contributed by atoms with Crippen molar-refractivity contribution in [2.24, 2.45) is 0 Å². The summed E-state index contributed by atoms with van der Waals surface area (Å²) in [6.07, 6.45) is 0. The molecule has 3 rings (SSSR count). The number of rotatable bonds is 2. The fourth-order valence-corrected chi connectivity index (χ4v) is 2.87. The average Bonchev–Trinajstić information content (AvgIpc) is 2.81. The maximum Gasteiger partial charge on any atom is 0.188 e. The predicted molar refractivity (Wildman–Crippen MR) is 79.1 cm³/mol. The smallest absolute Gasteiger partial charge is 0.188 e. The van der Waals surface area contributed by atoms with E-state index in [4.69, 9.17) is 16.9 Å². The average molecular weight is 286 g/mol. The van der Waals surface area contributed by atoms with Crippen molar-refractivity contribution in [3.05, 3.63) is 53.1 Å². The van der Waals surface area contributed by atoms with Crippen molar-refractivity contribution in [3.63, 3.8) is 0 Å². The van der Waals surface area contributed by atoms with Gasteiger partial charge >= 0.3 is 0 Å². The lowest BCUT2D eigenvalue weighted by Crippen LogP contribution is -1.88. The first-order valence-electron chi connectivity index (χ1n) is 5.58. The predicted octanol–water partition coefficient (Wildman–Crippen LogP) is 4.56. The van der Waals surface area contributed by atoms with Crippen molar-refractivity contribution >= 4 is 44.0 Å². The number of anilines is 2. The summed E-state index contributed by atoms with van der Waals surface area (Å²) in [6, 6.07) is 15.0. The Morgan fingerprint density at radius 3 is 2.68 bits per heavy atom. The zero-order valence-electron chi connectivity index (χ0n) is 9.72. The molecule has 1 aromatic heterocycles. The molecule has 2 aromatic carbocycles. The maximum absolute atomic E-state index is 8.75. The molecule has 3 nitrogen and oxygen atoms in total. The van der Waals surface area contributed by atoms with Crippen LogP contribution in [0.4, 0.5) is 10.8 Å². The van der Waals surface area contributed by atoms with Gasteiger partial charge in [0.05, 0.1) is 21.8 Å². The molecule has 0 saturated carbocycles. The molecule has 5 heteroatoms. The van der Waals surface area contributed by atoms with Crippen LogP contribution in [0.25, 0.3) is 10.2 Å². The van der Waals surface area contributed by atoms with Crippen LogP contribution in [-0.4, -0.2) is 4.98 Å². The van der Waals surface area contributed by atoms with Crippen molar-refractivity contribution in [2.75, 3.05) is 5.32 Å². The van der Waals surface area contributed by atoms with Crippen LogP contribution in [0.1, 0.15) is 5.56 Å². The number of nitrogens with zero attached hydrogens (tertiary/aromatic N) is 2. The largest absolute Gasteiger partial charge is 0.332 e. The zero-order valence-corrected chi connectivity index (χ0v) is 11.3. The highest BCUT2D eigenvalue weighted by molar-refractivity contribution is 7.22. The van der Waals surface area contributed by atoms with E-state index < -0.39 is 0 Å². The first kappa shape index (κ1) is 12.0. The number of nitriles is 1. The molecule has 0 amide bonds. The maximum atomic E-state index is 8.75. The van der Waals surface area contributed by atoms with Crippen LogP contribution < -0.4 is 5.32 Å². The van der Waals surface area contributed by atoms with E-state index in [1.54, 1.807) is 23.5 Å². The molecule has 1 heterocycles. The lowest BCUT2D eigenvalue weighted by atomic mass is 10.2. The minimum atomic E-state index is 0.640. The van der Waals surface area contributed by atoms with Crippen molar-refractivity contribution < 1.29 is 0 Å². The van der Waals surface area contributed by atoms with Crippen LogP contribution in [0.5, 0.6) is 0 Å². The molecule has 0 fully saturated rings. The molecule has 3 aromatic rings. The Bertz CT molecular complexity index is 771. The lowest BCUT2D eigenvalue weighted by molar-refractivity contribution is 1.43. The molecule has 19 heavy (non-hydrogen) atoms. The second kappa shape index (κ2) is 4.88. The third-order valence-corrected chi connectivity index (χ3v) is 3.78. The SMILES string of the molecule is N#Cc1ccc(Nc2nc3ccc(Cl)cc3s2)cc1. The molecular weight excluding hydrogens is 278 g/mol. The Balaban J connectivity index is 1.90. The fourth-order valence-electron chi connectivity index (χ4n) is 1.70. The van der Waals surface area contributed by atoms with E-state index in [2.05, 4.69) is 16.4 Å². The summed E-state index contributed by atoms with van der Waals surface area (Å²) in [4.78, 5) is 4.48. The quantitative estimate of drug-likeness (QED) is 0.750. The number of halogens is 1. The summed E-state index contributed by atoms with van der Waals surface area (Å²) in [7, 11) is 0. The summed E-state index contributed by atoms with van der Waals surface area (Å²) >= 11 is 7.49. The van der Waals surface area contributed by atoms with Gasteiger partial charge in [0.1, 0.15) is 0 Å². The minimum absolute atomic E-state index is 0.640. The highest BCUT2D eigenvalue weighted by Gasteiger charge is 2.04. The van der Waals surface area contributed by atoms with Crippen LogP contribution in [0.3, 0.4) is 0 Å². The Hall–Kier alpha value is -2.09. The van der Waals surface area contributed by atoms with E-state index in [-0.39, 0.29) is 0 Å². The second-order valence-corrected chi connectivity index (χ2v) is 5.41. The first-order valence-corrected chi connectivity index (χ1v) is 6.77. The van der Waals surface area contributed by atoms with E-state index in [0.29, 0.717) is 10.6 Å². The summed E-state index contributed by atoms with van der Waals surface area (Å²) in [5.41, 5.74) is 2.47. The second-order valence-electron chi connectivity index (χ2n) is 3.95. The Morgan fingerprint density at radius 2 is 1.95 bits per heavy atom. The number of nitrogens with one attached hydrogen (secondary N) is 1. The molecule has 0 spiro atoms. The third kappa shape index (κ3) is 2.53. The lowest BCUT2D eigenvalue weighted by Gasteiger charge is -2.01. The summed E-state index contributed by atoms with van der Waals surface area (Å²) in [6.45, 7) is 0. The highest BCUT2D eigenvalue weighted by Crippen LogP contribution is 2.30. The minimum Gasteiger partial charge on any atom is -0.332 e. The van der Waals surface area contributed by atoms with Gasteiger partial charge in [-0.15, -0.1) is 0 Å². The van der Waals surface area contributed by atoms with Crippen LogP contribution in [0.2, 0.25) is 5.02 Å². The van der Waals surface area contributed by atoms with Gasteiger partial charge in [-0.2, -0.15) is 5.26 Å². The van der Waals surface area contributed by atoms with Crippen LogP contribution >= 0.6 is 22.9 Å². The van der Waals surface area contributed by atoms with Gasteiger partial charge < -0.3 is 5.32 Å². The van der Waals surface area contributed by atoms with Gasteiger partial charge in [-0.05, 0) is 42.5 Å². The van der Waals surface area contributed by atoms with E-state index in [1.807, 2.05) is 30.3 Å². The molecule has 0 unspecified atom stereocenters. The zero-order chi connectivity index (χ0) is 13.2. The molecule has 0 aliphatic rings. The molecule has 1 N–H and O–H groups in total. The van der Waals surface area contributed by atoms with Crippen molar-refractivity contribution in [1.29, 1.82) is 5.26 Å². The summed E-state index contributed by atoms with van der Waals surface area (Å²) in [5.74, 6) is 0. The van der Waals surface area contributed by atoms with Gasteiger partial charge in [0.2, 0.25) is 0 Å². The normalized spacial score (nSPS) is 10.3. The third-order valence-electron chi connectivity index (χ3n) is 2.62. The monoisotopic (exact) mass is 285 g/mol.